The Balaban J connectivity index is 2.08. The molecule has 19 heavy (non-hydrogen) atoms. The molecular weight excluding hydrogens is 263 g/mol. The molecule has 1 aromatic carbocycles. The summed E-state index contributed by atoms with van der Waals surface area (Å²) in [4.78, 5) is 0.208. The highest BCUT2D eigenvalue weighted by molar-refractivity contribution is 7.80. The quantitative estimate of drug-likeness (QED) is 0.834. The minimum Gasteiger partial charge on any atom is -0.389 e. The Labute approximate surface area is 118 Å². The fourth-order valence-corrected chi connectivity index (χ4v) is 2.39. The van der Waals surface area contributed by atoms with Crippen molar-refractivity contribution >= 4 is 22.9 Å². The van der Waals surface area contributed by atoms with Gasteiger partial charge in [0, 0.05) is 31.0 Å². The van der Waals surface area contributed by atoms with Gasteiger partial charge in [-0.05, 0) is 36.5 Å². The second-order valence-corrected chi connectivity index (χ2v) is 5.77. The van der Waals surface area contributed by atoms with Crippen molar-refractivity contribution < 1.29 is 9.13 Å². The lowest BCUT2D eigenvalue weighted by Crippen LogP contribution is -2.33. The van der Waals surface area contributed by atoms with E-state index in [2.05, 4.69) is 12.2 Å². The number of rotatable bonds is 4. The van der Waals surface area contributed by atoms with Crippen LogP contribution in [-0.4, -0.2) is 24.7 Å². The highest BCUT2D eigenvalue weighted by Crippen LogP contribution is 2.30. The monoisotopic (exact) mass is 282 g/mol. The predicted molar refractivity (Wildman–Crippen MR) is 78.9 cm³/mol. The molecule has 0 spiro atoms. The van der Waals surface area contributed by atoms with E-state index in [1.54, 1.807) is 6.07 Å². The largest absolute Gasteiger partial charge is 0.389 e. The molecule has 5 heteroatoms. The zero-order chi connectivity index (χ0) is 13.9. The molecule has 1 aliphatic heterocycles. The van der Waals surface area contributed by atoms with Crippen molar-refractivity contribution in [1.29, 1.82) is 0 Å². The Kier molecular flexibility index (Phi) is 4.37. The van der Waals surface area contributed by atoms with Gasteiger partial charge in [-0.15, -0.1) is 0 Å². The van der Waals surface area contributed by atoms with Crippen LogP contribution in [0.2, 0.25) is 0 Å². The average Bonchev–Trinajstić information content (AvgIpc) is 2.38. The van der Waals surface area contributed by atoms with Crippen LogP contribution in [0.1, 0.15) is 25.3 Å². The number of thiocarbonyl (C=S) groups is 1. The fourth-order valence-electron chi connectivity index (χ4n) is 2.22. The molecule has 3 N–H and O–H groups in total. The lowest BCUT2D eigenvalue weighted by Gasteiger charge is -2.34. The number of anilines is 1. The van der Waals surface area contributed by atoms with Crippen LogP contribution in [0.3, 0.4) is 0 Å². The number of ether oxygens (including phenoxy) is 1. The van der Waals surface area contributed by atoms with Gasteiger partial charge in [-0.1, -0.05) is 19.1 Å². The Bertz CT molecular complexity index is 473. The van der Waals surface area contributed by atoms with Gasteiger partial charge in [0.05, 0.1) is 0 Å². The first-order valence-corrected chi connectivity index (χ1v) is 6.82. The van der Waals surface area contributed by atoms with Gasteiger partial charge in [0.1, 0.15) is 10.8 Å². The average molecular weight is 282 g/mol. The molecule has 0 bridgehead atoms. The van der Waals surface area contributed by atoms with Gasteiger partial charge in [-0.3, -0.25) is 0 Å². The van der Waals surface area contributed by atoms with Crippen molar-refractivity contribution in [2.45, 2.75) is 19.8 Å². The molecular formula is C14H19FN2OS. The third-order valence-electron chi connectivity index (χ3n) is 3.65. The highest BCUT2D eigenvalue weighted by atomic mass is 32.1. The Morgan fingerprint density at radius 2 is 2.16 bits per heavy atom. The first-order valence-electron chi connectivity index (χ1n) is 6.41. The van der Waals surface area contributed by atoms with E-state index in [0.717, 1.165) is 38.3 Å². The van der Waals surface area contributed by atoms with E-state index in [1.807, 2.05) is 0 Å². The summed E-state index contributed by atoms with van der Waals surface area (Å²) in [5.41, 5.74) is 7.18. The normalized spacial score (nSPS) is 18.0. The second-order valence-electron chi connectivity index (χ2n) is 5.33. The van der Waals surface area contributed by atoms with Crippen LogP contribution in [0, 0.1) is 11.2 Å². The summed E-state index contributed by atoms with van der Waals surface area (Å²) in [7, 11) is 0. The zero-order valence-corrected chi connectivity index (χ0v) is 11.9. The molecule has 0 aromatic heterocycles. The summed E-state index contributed by atoms with van der Waals surface area (Å²) in [5, 5.41) is 3.34. The summed E-state index contributed by atoms with van der Waals surface area (Å²) in [5.74, 6) is -0.328. The molecule has 0 atom stereocenters. The van der Waals surface area contributed by atoms with E-state index < -0.39 is 0 Å². The van der Waals surface area contributed by atoms with Crippen molar-refractivity contribution in [2.75, 3.05) is 25.1 Å². The van der Waals surface area contributed by atoms with E-state index in [4.69, 9.17) is 22.7 Å². The molecule has 0 radical (unpaired) electrons. The molecule has 0 saturated carbocycles. The molecule has 0 aliphatic carbocycles. The molecule has 1 aliphatic rings. The topological polar surface area (TPSA) is 47.3 Å². The van der Waals surface area contributed by atoms with Crippen molar-refractivity contribution in [2.24, 2.45) is 11.1 Å². The number of halogens is 1. The minimum atomic E-state index is -0.328. The Hall–Kier alpha value is -1.20. The number of hydrogen-bond acceptors (Lipinski definition) is 3. The zero-order valence-electron chi connectivity index (χ0n) is 11.0. The van der Waals surface area contributed by atoms with Crippen LogP contribution in [-0.2, 0) is 4.74 Å². The third-order valence-corrected chi connectivity index (χ3v) is 3.87. The molecule has 1 heterocycles. The first-order chi connectivity index (χ1) is 9.00. The van der Waals surface area contributed by atoms with Crippen LogP contribution in [0.5, 0.6) is 0 Å². The summed E-state index contributed by atoms with van der Waals surface area (Å²) in [6, 6.07) is 4.47. The molecule has 0 amide bonds. The van der Waals surface area contributed by atoms with E-state index >= 15 is 0 Å². The number of benzene rings is 1. The molecule has 1 fully saturated rings. The SMILES string of the molecule is CC1(CNc2ccc(F)cc2C(N)=S)CCOCC1. The van der Waals surface area contributed by atoms with Crippen LogP contribution in [0.4, 0.5) is 10.1 Å². The van der Waals surface area contributed by atoms with Gasteiger partial charge < -0.3 is 15.8 Å². The van der Waals surface area contributed by atoms with Crippen molar-refractivity contribution in [3.8, 4) is 0 Å². The summed E-state index contributed by atoms with van der Waals surface area (Å²) in [6.07, 6.45) is 2.03. The molecule has 104 valence electrons. The van der Waals surface area contributed by atoms with E-state index in [9.17, 15) is 4.39 Å². The smallest absolute Gasteiger partial charge is 0.124 e. The van der Waals surface area contributed by atoms with E-state index in [1.165, 1.54) is 12.1 Å². The van der Waals surface area contributed by atoms with Crippen molar-refractivity contribution in [3.05, 3.63) is 29.6 Å². The van der Waals surface area contributed by atoms with Crippen LogP contribution < -0.4 is 11.1 Å². The maximum Gasteiger partial charge on any atom is 0.124 e. The standard InChI is InChI=1S/C14H19FN2OS/c1-14(4-6-18-7-5-14)9-17-12-3-2-10(15)8-11(12)13(16)19/h2-3,8,17H,4-7,9H2,1H3,(H2,16,19). The maximum absolute atomic E-state index is 13.2. The molecule has 2 rings (SSSR count). The maximum atomic E-state index is 13.2. The molecule has 1 saturated heterocycles. The van der Waals surface area contributed by atoms with Gasteiger partial charge in [-0.25, -0.2) is 4.39 Å². The molecule has 1 aromatic rings. The summed E-state index contributed by atoms with van der Waals surface area (Å²) < 4.78 is 18.6. The van der Waals surface area contributed by atoms with E-state index in [-0.39, 0.29) is 16.2 Å². The number of nitrogens with one attached hydrogen (secondary N) is 1. The van der Waals surface area contributed by atoms with Crippen LogP contribution in [0.25, 0.3) is 0 Å². The Morgan fingerprint density at radius 3 is 2.79 bits per heavy atom. The van der Waals surface area contributed by atoms with Crippen LogP contribution >= 0.6 is 12.2 Å². The minimum absolute atomic E-state index is 0.195. The molecule has 3 nitrogen and oxygen atoms in total. The van der Waals surface area contributed by atoms with Crippen molar-refractivity contribution in [1.82, 2.24) is 0 Å². The Morgan fingerprint density at radius 1 is 1.47 bits per heavy atom. The van der Waals surface area contributed by atoms with Gasteiger partial charge in [-0.2, -0.15) is 0 Å². The van der Waals surface area contributed by atoms with Gasteiger partial charge in [0.25, 0.3) is 0 Å². The fraction of sp³-hybridized carbons (Fsp3) is 0.500. The van der Waals surface area contributed by atoms with Gasteiger partial charge in [0.2, 0.25) is 0 Å². The highest BCUT2D eigenvalue weighted by Gasteiger charge is 2.27. The van der Waals surface area contributed by atoms with Crippen molar-refractivity contribution in [3.63, 3.8) is 0 Å². The summed E-state index contributed by atoms with van der Waals surface area (Å²) in [6.45, 7) is 4.62. The molecule has 0 unspecified atom stereocenters. The lowest BCUT2D eigenvalue weighted by molar-refractivity contribution is 0.0300. The van der Waals surface area contributed by atoms with Gasteiger partial charge in [0.15, 0.2) is 0 Å². The summed E-state index contributed by atoms with van der Waals surface area (Å²) >= 11 is 4.96. The first kappa shape index (κ1) is 14.2. The number of hydrogen-bond donors (Lipinski definition) is 2. The predicted octanol–water partition coefficient (Wildman–Crippen LogP) is 2.69. The van der Waals surface area contributed by atoms with Crippen LogP contribution in [0.15, 0.2) is 18.2 Å². The lowest BCUT2D eigenvalue weighted by atomic mass is 9.82. The second kappa shape index (κ2) is 5.84. The third kappa shape index (κ3) is 3.64. The van der Waals surface area contributed by atoms with E-state index in [0.29, 0.717) is 5.56 Å². The van der Waals surface area contributed by atoms with Gasteiger partial charge >= 0.3 is 0 Å². The number of nitrogens with two attached hydrogens (primary N) is 1.